The van der Waals surface area contributed by atoms with Gasteiger partial charge in [-0.1, -0.05) is 13.3 Å². The predicted molar refractivity (Wildman–Crippen MR) is 70.9 cm³/mol. The van der Waals surface area contributed by atoms with Crippen LogP contribution in [0.5, 0.6) is 0 Å². The highest BCUT2D eigenvalue weighted by Gasteiger charge is 2.06. The molecule has 1 atom stereocenters. The first-order valence-electron chi connectivity index (χ1n) is 5.73. The zero-order chi connectivity index (χ0) is 12.9. The van der Waals surface area contributed by atoms with Gasteiger partial charge in [0.1, 0.15) is 0 Å². The van der Waals surface area contributed by atoms with Crippen LogP contribution in [0, 0.1) is 0 Å². The molecule has 96 valence electrons. The average Bonchev–Trinajstić information content (AvgIpc) is 2.26. The van der Waals surface area contributed by atoms with E-state index < -0.39 is 9.84 Å². The van der Waals surface area contributed by atoms with E-state index in [-0.39, 0.29) is 6.04 Å². The summed E-state index contributed by atoms with van der Waals surface area (Å²) in [5.74, 6) is 0. The third kappa shape index (κ3) is 4.75. The van der Waals surface area contributed by atoms with Crippen molar-refractivity contribution in [3.63, 3.8) is 0 Å². The Labute approximate surface area is 103 Å². The Morgan fingerprint density at radius 1 is 1.29 bits per heavy atom. The van der Waals surface area contributed by atoms with Crippen LogP contribution in [0.4, 0.5) is 5.69 Å². The lowest BCUT2D eigenvalue weighted by molar-refractivity contribution is 0.602. The minimum atomic E-state index is -3.11. The predicted octanol–water partition coefficient (Wildman–Crippen LogP) is 1.63. The van der Waals surface area contributed by atoms with Crippen LogP contribution in [0.3, 0.4) is 0 Å². The smallest absolute Gasteiger partial charge is 0.175 e. The molecule has 0 aliphatic heterocycles. The van der Waals surface area contributed by atoms with Gasteiger partial charge in [-0.15, -0.1) is 0 Å². The van der Waals surface area contributed by atoms with E-state index in [0.717, 1.165) is 18.5 Å². The van der Waals surface area contributed by atoms with Crippen LogP contribution in [0.15, 0.2) is 29.2 Å². The first-order valence-corrected chi connectivity index (χ1v) is 7.62. The Morgan fingerprint density at radius 2 is 1.88 bits per heavy atom. The normalized spacial score (nSPS) is 13.4. The molecule has 0 radical (unpaired) electrons. The molecule has 5 heteroatoms. The molecule has 3 N–H and O–H groups in total. The molecule has 0 aliphatic carbocycles. The van der Waals surface area contributed by atoms with Crippen molar-refractivity contribution in [1.82, 2.24) is 0 Å². The minimum absolute atomic E-state index is 0.134. The maximum Gasteiger partial charge on any atom is 0.175 e. The molecule has 1 aromatic rings. The lowest BCUT2D eigenvalue weighted by atomic mass is 10.2. The third-order valence-corrected chi connectivity index (χ3v) is 3.64. The van der Waals surface area contributed by atoms with Crippen molar-refractivity contribution in [2.75, 3.05) is 18.1 Å². The van der Waals surface area contributed by atoms with Crippen molar-refractivity contribution >= 4 is 15.5 Å². The fraction of sp³-hybridized carbons (Fsp3) is 0.500. The molecule has 0 heterocycles. The van der Waals surface area contributed by atoms with Gasteiger partial charge in [0.15, 0.2) is 9.84 Å². The number of anilines is 1. The number of sulfone groups is 1. The Hall–Kier alpha value is -1.07. The molecule has 0 aliphatic rings. The Kier molecular flexibility index (Phi) is 4.96. The van der Waals surface area contributed by atoms with Crippen molar-refractivity contribution in [2.45, 2.75) is 30.7 Å². The number of hydrogen-bond donors (Lipinski definition) is 2. The summed E-state index contributed by atoms with van der Waals surface area (Å²) in [4.78, 5) is 0.334. The summed E-state index contributed by atoms with van der Waals surface area (Å²) >= 11 is 0. The summed E-state index contributed by atoms with van der Waals surface area (Å²) in [5, 5.41) is 3.19. The Bertz CT molecular complexity index is 440. The summed E-state index contributed by atoms with van der Waals surface area (Å²) in [5.41, 5.74) is 6.77. The van der Waals surface area contributed by atoms with Gasteiger partial charge >= 0.3 is 0 Å². The van der Waals surface area contributed by atoms with Crippen molar-refractivity contribution in [3.05, 3.63) is 24.3 Å². The van der Waals surface area contributed by atoms with Crippen LogP contribution in [-0.4, -0.2) is 27.3 Å². The van der Waals surface area contributed by atoms with Gasteiger partial charge < -0.3 is 11.1 Å². The largest absolute Gasteiger partial charge is 0.383 e. The highest BCUT2D eigenvalue weighted by molar-refractivity contribution is 7.90. The van der Waals surface area contributed by atoms with Gasteiger partial charge in [0.2, 0.25) is 0 Å². The fourth-order valence-electron chi connectivity index (χ4n) is 1.54. The van der Waals surface area contributed by atoms with E-state index in [0.29, 0.717) is 11.4 Å². The van der Waals surface area contributed by atoms with Crippen molar-refractivity contribution in [2.24, 2.45) is 5.73 Å². The quantitative estimate of drug-likeness (QED) is 0.811. The molecule has 0 fully saturated rings. The standard InChI is InChI=1S/C12H20N2O2S/c1-3-4-10(13)9-14-11-5-7-12(8-6-11)17(2,15)16/h5-8,10,14H,3-4,9,13H2,1-2H3. The van der Waals surface area contributed by atoms with Crippen LogP contribution in [0.1, 0.15) is 19.8 Å². The maximum absolute atomic E-state index is 11.3. The second-order valence-corrected chi connectivity index (χ2v) is 6.24. The molecule has 0 bridgehead atoms. The summed E-state index contributed by atoms with van der Waals surface area (Å²) in [7, 11) is -3.11. The average molecular weight is 256 g/mol. The lowest BCUT2D eigenvalue weighted by Gasteiger charge is -2.12. The molecule has 1 unspecified atom stereocenters. The molecular weight excluding hydrogens is 236 g/mol. The van der Waals surface area contributed by atoms with Gasteiger partial charge in [0, 0.05) is 24.5 Å². The SMILES string of the molecule is CCCC(N)CNc1ccc(S(C)(=O)=O)cc1. The zero-order valence-corrected chi connectivity index (χ0v) is 11.1. The van der Waals surface area contributed by atoms with E-state index in [2.05, 4.69) is 12.2 Å². The van der Waals surface area contributed by atoms with Crippen molar-refractivity contribution in [1.29, 1.82) is 0 Å². The molecule has 0 amide bonds. The number of hydrogen-bond acceptors (Lipinski definition) is 4. The summed E-state index contributed by atoms with van der Waals surface area (Å²) in [6, 6.07) is 6.85. The first kappa shape index (κ1) is 14.0. The fourth-order valence-corrected chi connectivity index (χ4v) is 2.17. The number of nitrogens with one attached hydrogen (secondary N) is 1. The van der Waals surface area contributed by atoms with Crippen LogP contribution in [0.25, 0.3) is 0 Å². The van der Waals surface area contributed by atoms with E-state index in [1.54, 1.807) is 24.3 Å². The second-order valence-electron chi connectivity index (χ2n) is 4.23. The molecule has 1 rings (SSSR count). The van der Waals surface area contributed by atoms with Crippen LogP contribution < -0.4 is 11.1 Å². The topological polar surface area (TPSA) is 72.2 Å². The Morgan fingerprint density at radius 3 is 2.35 bits per heavy atom. The molecule has 0 aromatic heterocycles. The van der Waals surface area contributed by atoms with Gasteiger partial charge in [0.25, 0.3) is 0 Å². The summed E-state index contributed by atoms with van der Waals surface area (Å²) in [6.07, 6.45) is 3.25. The number of benzene rings is 1. The van der Waals surface area contributed by atoms with E-state index in [4.69, 9.17) is 5.73 Å². The maximum atomic E-state index is 11.3. The van der Waals surface area contributed by atoms with Crippen LogP contribution in [0.2, 0.25) is 0 Å². The molecule has 17 heavy (non-hydrogen) atoms. The van der Waals surface area contributed by atoms with E-state index in [9.17, 15) is 8.42 Å². The van der Waals surface area contributed by atoms with Gasteiger partial charge in [-0.05, 0) is 30.7 Å². The van der Waals surface area contributed by atoms with Gasteiger partial charge in [-0.3, -0.25) is 0 Å². The molecule has 0 saturated carbocycles. The molecule has 1 aromatic carbocycles. The highest BCUT2D eigenvalue weighted by atomic mass is 32.2. The minimum Gasteiger partial charge on any atom is -0.383 e. The third-order valence-electron chi connectivity index (χ3n) is 2.51. The van der Waals surface area contributed by atoms with Crippen molar-refractivity contribution in [3.8, 4) is 0 Å². The van der Waals surface area contributed by atoms with Crippen LogP contribution in [-0.2, 0) is 9.84 Å². The number of rotatable bonds is 6. The summed E-state index contributed by atoms with van der Waals surface area (Å²) < 4.78 is 22.5. The van der Waals surface area contributed by atoms with Gasteiger partial charge in [-0.2, -0.15) is 0 Å². The van der Waals surface area contributed by atoms with Crippen LogP contribution >= 0.6 is 0 Å². The van der Waals surface area contributed by atoms with E-state index >= 15 is 0 Å². The molecule has 0 saturated heterocycles. The molecule has 0 spiro atoms. The monoisotopic (exact) mass is 256 g/mol. The molecule has 4 nitrogen and oxygen atoms in total. The first-order chi connectivity index (χ1) is 7.93. The molecular formula is C12H20N2O2S. The second kappa shape index (κ2) is 6.02. The summed E-state index contributed by atoms with van der Waals surface area (Å²) in [6.45, 7) is 2.80. The van der Waals surface area contributed by atoms with Gasteiger partial charge in [-0.25, -0.2) is 8.42 Å². The van der Waals surface area contributed by atoms with E-state index in [1.807, 2.05) is 0 Å². The number of nitrogens with two attached hydrogens (primary N) is 1. The highest BCUT2D eigenvalue weighted by Crippen LogP contribution is 2.13. The zero-order valence-electron chi connectivity index (χ0n) is 10.3. The lowest BCUT2D eigenvalue weighted by Crippen LogP contribution is -2.28. The van der Waals surface area contributed by atoms with Crippen molar-refractivity contribution < 1.29 is 8.42 Å². The van der Waals surface area contributed by atoms with Gasteiger partial charge in [0.05, 0.1) is 4.90 Å². The van der Waals surface area contributed by atoms with E-state index in [1.165, 1.54) is 6.26 Å². The Balaban J connectivity index is 2.57.